The maximum absolute atomic E-state index is 6.71. The zero-order valence-electron chi connectivity index (χ0n) is 10.9. The predicted octanol–water partition coefficient (Wildman–Crippen LogP) is -0.0334. The Kier molecular flexibility index (Phi) is 2.52. The van der Waals surface area contributed by atoms with Crippen molar-refractivity contribution < 1.29 is 19.1 Å². The molecule has 3 N–H and O–H groups in total. The minimum Gasteiger partial charge on any atom is -0.389 e. The number of benzene rings is 1. The van der Waals surface area contributed by atoms with Crippen molar-refractivity contribution in [1.82, 2.24) is 0 Å². The summed E-state index contributed by atoms with van der Waals surface area (Å²) in [6.45, 7) is 2.27. The van der Waals surface area contributed by atoms with Crippen LogP contribution in [0.25, 0.3) is 0 Å². The molecule has 0 heterocycles. The Morgan fingerprint density at radius 2 is 1.93 bits per heavy atom. The van der Waals surface area contributed by atoms with E-state index in [1.54, 1.807) is 0 Å². The highest BCUT2D eigenvalue weighted by Crippen LogP contribution is 2.04. The summed E-state index contributed by atoms with van der Waals surface area (Å²) < 4.78 is 25.4. The van der Waals surface area contributed by atoms with Crippen molar-refractivity contribution in [2.75, 3.05) is 6.23 Å². The fraction of sp³-hybridized carbons (Fsp3) is 0.333. The van der Waals surface area contributed by atoms with Crippen LogP contribution in [0.15, 0.2) is 24.3 Å². The van der Waals surface area contributed by atoms with Gasteiger partial charge in [0.25, 0.3) is 0 Å². The van der Waals surface area contributed by atoms with Gasteiger partial charge in [-0.3, -0.25) is 0 Å². The Morgan fingerprint density at radius 3 is 2.50 bits per heavy atom. The lowest BCUT2D eigenvalue weighted by molar-refractivity contribution is 0.0987. The lowest BCUT2D eigenvalue weighted by atomic mass is 10.2. The van der Waals surface area contributed by atoms with Gasteiger partial charge in [-0.15, -0.1) is 0 Å². The highest BCUT2D eigenvalue weighted by Gasteiger charge is 2.26. The number of aryl methyl sites for hydroxylation is 1. The SMILES string of the molecule is [3H]O[Si](COCc1ccc(C)cc1)(O[3H])O[3H]. The van der Waals surface area contributed by atoms with E-state index >= 15 is 0 Å². The number of ether oxygens (including phenoxy) is 1. The molecular weight excluding hydrogens is 200 g/mol. The average Bonchev–Trinajstić information content (AvgIpc) is 2.38. The van der Waals surface area contributed by atoms with Crippen molar-refractivity contribution in [3.8, 4) is 0 Å². The fourth-order valence-corrected chi connectivity index (χ4v) is 1.33. The molecule has 0 unspecified atom stereocenters. The van der Waals surface area contributed by atoms with Crippen molar-refractivity contribution >= 4 is 8.80 Å². The van der Waals surface area contributed by atoms with Crippen molar-refractivity contribution in [2.24, 2.45) is 0 Å². The van der Waals surface area contributed by atoms with Gasteiger partial charge in [0, 0.05) is 0 Å². The summed E-state index contributed by atoms with van der Waals surface area (Å²) >= 11 is 0. The molecule has 4 nitrogen and oxygen atoms in total. The van der Waals surface area contributed by atoms with Gasteiger partial charge < -0.3 is 19.1 Å². The van der Waals surface area contributed by atoms with Crippen LogP contribution >= 0.6 is 0 Å². The van der Waals surface area contributed by atoms with Crippen molar-refractivity contribution in [2.45, 2.75) is 13.5 Å². The van der Waals surface area contributed by atoms with E-state index in [9.17, 15) is 0 Å². The molecule has 0 fully saturated rings. The van der Waals surface area contributed by atoms with Gasteiger partial charge in [-0.1, -0.05) is 29.8 Å². The highest BCUT2D eigenvalue weighted by atomic mass is 28.4. The zero-order chi connectivity index (χ0) is 12.7. The van der Waals surface area contributed by atoms with Crippen LogP contribution in [0, 0.1) is 6.92 Å². The lowest BCUT2D eigenvalue weighted by Gasteiger charge is -2.09. The van der Waals surface area contributed by atoms with Crippen LogP contribution in [-0.4, -0.2) is 33.7 Å². The van der Waals surface area contributed by atoms with Gasteiger partial charge in [0.05, 0.1) is 6.61 Å². The third-order valence-corrected chi connectivity index (χ3v) is 2.23. The van der Waals surface area contributed by atoms with Crippen LogP contribution in [0.1, 0.15) is 11.1 Å². The van der Waals surface area contributed by atoms with E-state index in [4.69, 9.17) is 9.03 Å². The largest absolute Gasteiger partial charge is 0.519 e. The van der Waals surface area contributed by atoms with Gasteiger partial charge in [-0.25, -0.2) is 0 Å². The minimum atomic E-state index is -3.60. The van der Waals surface area contributed by atoms with Gasteiger partial charge >= 0.3 is 8.80 Å². The first kappa shape index (κ1) is 7.55. The summed E-state index contributed by atoms with van der Waals surface area (Å²) in [6, 6.07) is 7.71. The number of hydrogen-bond donors (Lipinski definition) is 3. The Balaban J connectivity index is 2.43. The molecule has 1 aromatic rings. The van der Waals surface area contributed by atoms with Crippen LogP contribution in [0.2, 0.25) is 0 Å². The van der Waals surface area contributed by atoms with Gasteiger partial charge in [0.15, 0.2) is 4.29 Å². The van der Waals surface area contributed by atoms with Crippen LogP contribution in [0.4, 0.5) is 0 Å². The van der Waals surface area contributed by atoms with Gasteiger partial charge in [0.2, 0.25) is 0 Å². The van der Waals surface area contributed by atoms with E-state index in [1.165, 1.54) is 0 Å². The first-order valence-electron chi connectivity index (χ1n) is 5.44. The first-order valence-corrected chi connectivity index (χ1v) is 6.15. The molecule has 0 aromatic heterocycles. The third kappa shape index (κ3) is 4.50. The molecule has 0 spiro atoms. The molecule has 0 saturated heterocycles. The van der Waals surface area contributed by atoms with E-state index in [2.05, 4.69) is 14.4 Å². The Hall–Kier alpha value is -0.723. The quantitative estimate of drug-likeness (QED) is 0.564. The Bertz CT molecular complexity index is 323. The maximum atomic E-state index is 6.71. The van der Waals surface area contributed by atoms with Crippen LogP contribution in [0.5, 0.6) is 0 Å². The van der Waals surface area contributed by atoms with E-state index in [0.717, 1.165) is 11.1 Å². The van der Waals surface area contributed by atoms with Gasteiger partial charge in [-0.05, 0) is 12.5 Å². The molecule has 0 amide bonds. The smallest absolute Gasteiger partial charge is 0.389 e. The second kappa shape index (κ2) is 4.67. The highest BCUT2D eigenvalue weighted by molar-refractivity contribution is 6.56. The molecule has 0 aliphatic heterocycles. The van der Waals surface area contributed by atoms with E-state index < -0.39 is 8.80 Å². The third-order valence-electron chi connectivity index (χ3n) is 1.67. The van der Waals surface area contributed by atoms with E-state index in [1.807, 2.05) is 31.2 Å². The monoisotopic (exact) mass is 220 g/mol. The molecule has 0 aliphatic rings. The Morgan fingerprint density at radius 1 is 1.29 bits per heavy atom. The van der Waals surface area contributed by atoms with Crippen LogP contribution in [-0.2, 0) is 11.3 Å². The predicted molar refractivity (Wildman–Crippen MR) is 53.2 cm³/mol. The maximum Gasteiger partial charge on any atom is 0.519 e. The summed E-state index contributed by atoms with van der Waals surface area (Å²) in [6.07, 6.45) is -0.211. The summed E-state index contributed by atoms with van der Waals surface area (Å²) in [5, 5.41) is 0. The average molecular weight is 220 g/mol. The van der Waals surface area contributed by atoms with Crippen molar-refractivity contribution in [3.05, 3.63) is 35.4 Å². The first-order chi connectivity index (χ1) is 8.15. The number of rotatable bonds is 7. The lowest BCUT2D eigenvalue weighted by Crippen LogP contribution is -2.40. The molecule has 78 valence electrons. The normalized spacial score (nSPS) is 14.5. The fourth-order valence-electron chi connectivity index (χ4n) is 0.978. The van der Waals surface area contributed by atoms with E-state index in [-0.39, 0.29) is 12.8 Å². The second-order valence-electron chi connectivity index (χ2n) is 3.16. The topological polar surface area (TPSA) is 69.9 Å². The molecule has 1 rings (SSSR count). The van der Waals surface area contributed by atoms with Crippen LogP contribution in [0.3, 0.4) is 0 Å². The summed E-state index contributed by atoms with van der Waals surface area (Å²) in [4.78, 5) is 12.4. The summed E-state index contributed by atoms with van der Waals surface area (Å²) in [5.41, 5.74) is 2.09. The zero-order valence-corrected chi connectivity index (χ0v) is 8.86. The molecule has 0 saturated carbocycles. The molecule has 0 radical (unpaired) electrons. The Labute approximate surface area is 88.2 Å². The molecule has 0 bridgehead atoms. The van der Waals surface area contributed by atoms with Crippen molar-refractivity contribution in [3.63, 3.8) is 0 Å². The number of hydrogen-bond acceptors (Lipinski definition) is 4. The summed E-state index contributed by atoms with van der Waals surface area (Å²) in [5.74, 6) is 0. The van der Waals surface area contributed by atoms with Crippen LogP contribution < -0.4 is 0 Å². The van der Waals surface area contributed by atoms with Crippen molar-refractivity contribution in [1.29, 1.82) is 4.29 Å². The van der Waals surface area contributed by atoms with Gasteiger partial charge in [-0.2, -0.15) is 0 Å². The molecule has 1 aromatic carbocycles. The molecule has 5 heteroatoms. The molecule has 14 heavy (non-hydrogen) atoms. The van der Waals surface area contributed by atoms with Gasteiger partial charge in [0.1, 0.15) is 6.23 Å². The minimum absolute atomic E-state index is 0.211. The molecular formula is C9H14O4Si. The second-order valence-corrected chi connectivity index (χ2v) is 4.82. The summed E-state index contributed by atoms with van der Waals surface area (Å²) in [7, 11) is -3.60. The molecule has 0 aliphatic carbocycles. The van der Waals surface area contributed by atoms with E-state index in [0.29, 0.717) is 0 Å². The molecule has 0 atom stereocenters. The standard InChI is InChI=1S/C9H14O4Si/c1-8-2-4-9(5-3-8)6-13-7-14(10,11)12/h2-5,10-12H,6-7H2,1H3/i10T,11T,12T.